The van der Waals surface area contributed by atoms with Gasteiger partial charge in [-0.3, -0.25) is 4.79 Å². The Morgan fingerprint density at radius 2 is 1.92 bits per heavy atom. The first-order chi connectivity index (χ1) is 12.3. The number of hydrogen-bond acceptors (Lipinski definition) is 4. The minimum atomic E-state index is 0.118. The average molecular weight is 356 g/mol. The van der Waals surface area contributed by atoms with Gasteiger partial charge in [0, 0.05) is 23.5 Å². The van der Waals surface area contributed by atoms with E-state index in [2.05, 4.69) is 9.88 Å². The van der Waals surface area contributed by atoms with Crippen molar-refractivity contribution >= 4 is 17.2 Å². The molecular weight excluding hydrogens is 332 g/mol. The van der Waals surface area contributed by atoms with Crippen LogP contribution in [-0.4, -0.2) is 35.5 Å². The number of aromatic nitrogens is 1. The highest BCUT2D eigenvalue weighted by Gasteiger charge is 2.36. The molecule has 0 bridgehead atoms. The molecule has 25 heavy (non-hydrogen) atoms. The zero-order chi connectivity index (χ0) is 17.2. The molecule has 1 aromatic heterocycles. The van der Waals surface area contributed by atoms with E-state index in [1.54, 1.807) is 7.11 Å². The summed E-state index contributed by atoms with van der Waals surface area (Å²) in [5, 5.41) is 2.80. The Hall–Kier alpha value is -1.88. The Morgan fingerprint density at radius 1 is 1.16 bits per heavy atom. The molecule has 0 spiro atoms. The zero-order valence-corrected chi connectivity index (χ0v) is 15.4. The molecule has 2 heterocycles. The van der Waals surface area contributed by atoms with Gasteiger partial charge in [0.1, 0.15) is 16.5 Å². The van der Waals surface area contributed by atoms with Gasteiger partial charge in [0.25, 0.3) is 5.91 Å². The van der Waals surface area contributed by atoms with Crippen LogP contribution in [0.4, 0.5) is 0 Å². The summed E-state index contributed by atoms with van der Waals surface area (Å²) in [7, 11) is 1.66. The van der Waals surface area contributed by atoms with Crippen molar-refractivity contribution in [2.45, 2.75) is 44.6 Å². The second-order valence-electron chi connectivity index (χ2n) is 7.02. The van der Waals surface area contributed by atoms with Gasteiger partial charge < -0.3 is 9.64 Å². The third kappa shape index (κ3) is 3.30. The van der Waals surface area contributed by atoms with Crippen molar-refractivity contribution in [2.24, 2.45) is 5.92 Å². The van der Waals surface area contributed by atoms with Crippen LogP contribution < -0.4 is 4.74 Å². The van der Waals surface area contributed by atoms with Gasteiger partial charge in [-0.05, 0) is 55.9 Å². The highest BCUT2D eigenvalue weighted by Crippen LogP contribution is 2.36. The SMILES string of the molecule is COc1ccc(-c2nc(C(=O)N3CCCC4CCCCC43)cs2)cc1. The van der Waals surface area contributed by atoms with Crippen LogP contribution in [0.2, 0.25) is 0 Å². The number of carbonyl (C=O) groups excluding carboxylic acids is 1. The van der Waals surface area contributed by atoms with E-state index in [1.165, 1.54) is 37.0 Å². The molecule has 1 saturated carbocycles. The molecule has 4 nitrogen and oxygen atoms in total. The molecular formula is C20H24N2O2S. The molecule has 2 aromatic rings. The summed E-state index contributed by atoms with van der Waals surface area (Å²) in [5.74, 6) is 1.65. The van der Waals surface area contributed by atoms with Crippen molar-refractivity contribution in [3.05, 3.63) is 35.3 Å². The molecule has 1 saturated heterocycles. The van der Waals surface area contributed by atoms with Crippen LogP contribution in [0.3, 0.4) is 0 Å². The Bertz CT molecular complexity index is 738. The molecule has 0 radical (unpaired) electrons. The lowest BCUT2D eigenvalue weighted by molar-refractivity contribution is 0.0386. The highest BCUT2D eigenvalue weighted by atomic mass is 32.1. The fraction of sp³-hybridized carbons (Fsp3) is 0.500. The minimum Gasteiger partial charge on any atom is -0.497 e. The first-order valence-electron chi connectivity index (χ1n) is 9.17. The maximum absolute atomic E-state index is 13.0. The number of amides is 1. The van der Waals surface area contributed by atoms with Crippen LogP contribution in [0.1, 0.15) is 49.0 Å². The summed E-state index contributed by atoms with van der Waals surface area (Å²) in [4.78, 5) is 19.8. The third-order valence-corrected chi connectivity index (χ3v) is 6.46. The number of hydrogen-bond donors (Lipinski definition) is 0. The van der Waals surface area contributed by atoms with Gasteiger partial charge in [-0.2, -0.15) is 0 Å². The molecule has 0 N–H and O–H groups in total. The number of piperidine rings is 1. The predicted molar refractivity (Wildman–Crippen MR) is 100 cm³/mol. The summed E-state index contributed by atoms with van der Waals surface area (Å²) >= 11 is 1.54. The lowest BCUT2D eigenvalue weighted by Gasteiger charge is -2.43. The normalized spacial score (nSPS) is 23.2. The van der Waals surface area contributed by atoms with E-state index in [-0.39, 0.29) is 5.91 Å². The summed E-state index contributed by atoms with van der Waals surface area (Å²) in [6, 6.07) is 8.26. The highest BCUT2D eigenvalue weighted by molar-refractivity contribution is 7.13. The molecule has 2 unspecified atom stereocenters. The smallest absolute Gasteiger partial charge is 0.273 e. The van der Waals surface area contributed by atoms with Crippen molar-refractivity contribution in [1.29, 1.82) is 0 Å². The molecule has 132 valence electrons. The van der Waals surface area contributed by atoms with Crippen LogP contribution in [0.25, 0.3) is 10.6 Å². The topological polar surface area (TPSA) is 42.4 Å². The largest absolute Gasteiger partial charge is 0.497 e. The molecule has 2 aliphatic rings. The monoisotopic (exact) mass is 356 g/mol. The van der Waals surface area contributed by atoms with E-state index in [9.17, 15) is 4.79 Å². The summed E-state index contributed by atoms with van der Waals surface area (Å²) in [5.41, 5.74) is 1.63. The Labute approximate surface area is 152 Å². The number of methoxy groups -OCH3 is 1. The first kappa shape index (κ1) is 16.6. The Morgan fingerprint density at radius 3 is 2.72 bits per heavy atom. The number of nitrogens with zero attached hydrogens (tertiary/aromatic N) is 2. The lowest BCUT2D eigenvalue weighted by Crippen LogP contribution is -2.49. The Kier molecular flexibility index (Phi) is 4.75. The van der Waals surface area contributed by atoms with Gasteiger partial charge in [0.05, 0.1) is 7.11 Å². The van der Waals surface area contributed by atoms with E-state index in [1.807, 2.05) is 29.6 Å². The first-order valence-corrected chi connectivity index (χ1v) is 10.0. The van der Waals surface area contributed by atoms with Gasteiger partial charge in [0.15, 0.2) is 0 Å². The molecule has 1 aromatic carbocycles. The van der Waals surface area contributed by atoms with Gasteiger partial charge in [-0.15, -0.1) is 11.3 Å². The van der Waals surface area contributed by atoms with E-state index in [0.717, 1.165) is 35.7 Å². The minimum absolute atomic E-state index is 0.118. The lowest BCUT2D eigenvalue weighted by atomic mass is 9.78. The van der Waals surface area contributed by atoms with Crippen molar-refractivity contribution in [3.63, 3.8) is 0 Å². The van der Waals surface area contributed by atoms with Crippen LogP contribution in [-0.2, 0) is 0 Å². The fourth-order valence-corrected chi connectivity index (χ4v) is 5.06. The van der Waals surface area contributed by atoms with Crippen LogP contribution in [0, 0.1) is 5.92 Å². The van der Waals surface area contributed by atoms with Crippen molar-refractivity contribution in [1.82, 2.24) is 9.88 Å². The molecule has 1 aliphatic carbocycles. The predicted octanol–water partition coefficient (Wildman–Crippen LogP) is 4.61. The molecule has 2 fully saturated rings. The van der Waals surface area contributed by atoms with Gasteiger partial charge in [-0.1, -0.05) is 12.8 Å². The molecule has 2 atom stereocenters. The summed E-state index contributed by atoms with van der Waals surface area (Å²) in [6.45, 7) is 0.884. The average Bonchev–Trinajstić information content (AvgIpc) is 3.17. The number of carbonyl (C=O) groups is 1. The quantitative estimate of drug-likeness (QED) is 0.806. The van der Waals surface area contributed by atoms with Crippen molar-refractivity contribution < 1.29 is 9.53 Å². The second kappa shape index (κ2) is 7.16. The van der Waals surface area contributed by atoms with Crippen LogP contribution in [0.15, 0.2) is 29.6 Å². The maximum atomic E-state index is 13.0. The van der Waals surface area contributed by atoms with Gasteiger partial charge in [-0.25, -0.2) is 4.98 Å². The van der Waals surface area contributed by atoms with E-state index >= 15 is 0 Å². The second-order valence-corrected chi connectivity index (χ2v) is 7.88. The number of rotatable bonds is 3. The number of fused-ring (bicyclic) bond motifs is 1. The summed E-state index contributed by atoms with van der Waals surface area (Å²) in [6.07, 6.45) is 7.42. The summed E-state index contributed by atoms with van der Waals surface area (Å²) < 4.78 is 5.20. The van der Waals surface area contributed by atoms with Crippen molar-refractivity contribution in [2.75, 3.05) is 13.7 Å². The zero-order valence-electron chi connectivity index (χ0n) is 14.6. The number of thiazole rings is 1. The van der Waals surface area contributed by atoms with Crippen LogP contribution >= 0.6 is 11.3 Å². The van der Waals surface area contributed by atoms with Gasteiger partial charge in [0.2, 0.25) is 0 Å². The molecule has 1 aliphatic heterocycles. The van der Waals surface area contributed by atoms with Gasteiger partial charge >= 0.3 is 0 Å². The molecule has 4 rings (SSSR count). The number of ether oxygens (including phenoxy) is 1. The van der Waals surface area contributed by atoms with Crippen molar-refractivity contribution in [3.8, 4) is 16.3 Å². The fourth-order valence-electron chi connectivity index (χ4n) is 4.26. The molecule has 1 amide bonds. The standard InChI is InChI=1S/C20H24N2O2S/c1-24-16-10-8-15(9-11-16)19-21-17(13-25-19)20(23)22-12-4-6-14-5-2-3-7-18(14)22/h8-11,13-14,18H,2-7,12H2,1H3. The maximum Gasteiger partial charge on any atom is 0.273 e. The van der Waals surface area contributed by atoms with Crippen LogP contribution in [0.5, 0.6) is 5.75 Å². The van der Waals surface area contributed by atoms with E-state index < -0.39 is 0 Å². The number of likely N-dealkylation sites (tertiary alicyclic amines) is 1. The van der Waals surface area contributed by atoms with E-state index in [0.29, 0.717) is 17.7 Å². The number of benzene rings is 1. The third-order valence-electron chi connectivity index (χ3n) is 5.56. The van der Waals surface area contributed by atoms with E-state index in [4.69, 9.17) is 4.74 Å². The molecule has 5 heteroatoms. The Balaban J connectivity index is 1.53.